The minimum absolute atomic E-state index is 0.412. The molecule has 4 rings (SSSR count). The highest BCUT2D eigenvalue weighted by molar-refractivity contribution is 5.30. The van der Waals surface area contributed by atoms with Crippen LogP contribution in [0, 0.1) is 5.41 Å². The quantitative estimate of drug-likeness (QED) is 0.865. The van der Waals surface area contributed by atoms with Crippen LogP contribution in [0.2, 0.25) is 0 Å². The lowest BCUT2D eigenvalue weighted by Gasteiger charge is -2.47. The Morgan fingerprint density at radius 3 is 2.33 bits per heavy atom. The van der Waals surface area contributed by atoms with Crippen molar-refractivity contribution in [3.05, 3.63) is 29.8 Å². The van der Waals surface area contributed by atoms with Gasteiger partial charge in [-0.05, 0) is 107 Å². The van der Waals surface area contributed by atoms with E-state index in [1.165, 1.54) is 83.1 Å². The molecule has 3 aliphatic rings. The topological polar surface area (TPSA) is 35.5 Å². The zero-order valence-corrected chi connectivity index (χ0v) is 14.8. The van der Waals surface area contributed by atoms with Crippen molar-refractivity contribution in [2.45, 2.75) is 63.3 Å². The molecule has 3 fully saturated rings. The second-order valence-electron chi connectivity index (χ2n) is 8.39. The van der Waals surface area contributed by atoms with Crippen molar-refractivity contribution in [1.29, 1.82) is 0 Å². The molecular formula is C21H32N2O. The molecule has 0 aromatic heterocycles. The van der Waals surface area contributed by atoms with Crippen LogP contribution in [-0.2, 0) is 0 Å². The van der Waals surface area contributed by atoms with Gasteiger partial charge in [-0.3, -0.25) is 0 Å². The number of piperidine rings is 2. The summed E-state index contributed by atoms with van der Waals surface area (Å²) in [6, 6.07) is 8.73. The first kappa shape index (κ1) is 16.4. The Hall–Kier alpha value is -1.06. The Bertz CT molecular complexity index is 535. The molecular weight excluding hydrogens is 296 g/mol. The Balaban J connectivity index is 1.29. The lowest BCUT2D eigenvalue weighted by molar-refractivity contribution is 0.0533. The zero-order valence-electron chi connectivity index (χ0n) is 14.8. The van der Waals surface area contributed by atoms with E-state index in [2.05, 4.69) is 16.3 Å². The summed E-state index contributed by atoms with van der Waals surface area (Å²) in [6.45, 7) is 4.94. The van der Waals surface area contributed by atoms with Crippen LogP contribution in [0.5, 0.6) is 5.75 Å². The van der Waals surface area contributed by atoms with E-state index in [9.17, 15) is 5.11 Å². The van der Waals surface area contributed by atoms with Crippen molar-refractivity contribution < 1.29 is 5.11 Å². The van der Waals surface area contributed by atoms with Gasteiger partial charge in [-0.15, -0.1) is 0 Å². The predicted molar refractivity (Wildman–Crippen MR) is 98.4 cm³/mol. The third-order valence-corrected chi connectivity index (χ3v) is 7.07. The summed E-state index contributed by atoms with van der Waals surface area (Å²) in [7, 11) is 0. The number of phenolic OH excluding ortho intramolecular Hbond substituents is 1. The minimum Gasteiger partial charge on any atom is -0.508 e. The van der Waals surface area contributed by atoms with Crippen LogP contribution in [-0.4, -0.2) is 42.2 Å². The number of nitrogens with zero attached hydrogens (tertiary/aromatic N) is 1. The fourth-order valence-corrected chi connectivity index (χ4v) is 5.41. The molecule has 0 atom stereocenters. The highest BCUT2D eigenvalue weighted by atomic mass is 16.3. The van der Waals surface area contributed by atoms with E-state index >= 15 is 0 Å². The number of benzene rings is 1. The predicted octanol–water partition coefficient (Wildman–Crippen LogP) is 3.88. The van der Waals surface area contributed by atoms with Gasteiger partial charge >= 0.3 is 0 Å². The van der Waals surface area contributed by atoms with Gasteiger partial charge in [-0.1, -0.05) is 12.1 Å². The fraction of sp³-hybridized carbons (Fsp3) is 0.714. The molecule has 1 aliphatic carbocycles. The maximum Gasteiger partial charge on any atom is 0.115 e. The monoisotopic (exact) mass is 328 g/mol. The number of nitrogens with one attached hydrogen (secondary N) is 1. The number of hydrogen-bond acceptors (Lipinski definition) is 3. The van der Waals surface area contributed by atoms with Crippen molar-refractivity contribution in [3.63, 3.8) is 0 Å². The van der Waals surface area contributed by atoms with Gasteiger partial charge < -0.3 is 15.3 Å². The second kappa shape index (κ2) is 7.05. The average molecular weight is 329 g/mol. The lowest BCUT2D eigenvalue weighted by atomic mass is 9.67. The first-order chi connectivity index (χ1) is 11.7. The van der Waals surface area contributed by atoms with E-state index in [0.717, 1.165) is 6.04 Å². The third-order valence-electron chi connectivity index (χ3n) is 7.07. The maximum atomic E-state index is 9.71. The third kappa shape index (κ3) is 3.48. The highest BCUT2D eigenvalue weighted by Gasteiger charge is 2.38. The van der Waals surface area contributed by atoms with Crippen LogP contribution in [0.4, 0.5) is 0 Å². The molecule has 0 unspecified atom stereocenters. The summed E-state index contributed by atoms with van der Waals surface area (Å²) in [6.07, 6.45) is 11.0. The molecule has 0 amide bonds. The number of aromatic hydroxyl groups is 1. The molecule has 2 heterocycles. The summed E-state index contributed by atoms with van der Waals surface area (Å²) in [5.41, 5.74) is 2.01. The van der Waals surface area contributed by atoms with Crippen molar-refractivity contribution in [1.82, 2.24) is 10.2 Å². The van der Waals surface area contributed by atoms with Crippen LogP contribution < -0.4 is 5.32 Å². The van der Waals surface area contributed by atoms with E-state index in [1.54, 1.807) is 6.07 Å². The van der Waals surface area contributed by atoms with E-state index in [0.29, 0.717) is 17.1 Å². The molecule has 1 aromatic rings. The van der Waals surface area contributed by atoms with Gasteiger partial charge in [0.25, 0.3) is 0 Å². The normalized spacial score (nSPS) is 26.7. The van der Waals surface area contributed by atoms with Gasteiger partial charge in [-0.25, -0.2) is 0 Å². The smallest absolute Gasteiger partial charge is 0.115 e. The SMILES string of the molecule is Oc1cccc(C2CCN(C3CCC4(CCNCC4)CC3)CC2)c1. The van der Waals surface area contributed by atoms with E-state index < -0.39 is 0 Å². The molecule has 132 valence electrons. The minimum atomic E-state index is 0.412. The summed E-state index contributed by atoms with van der Waals surface area (Å²) < 4.78 is 0. The Morgan fingerprint density at radius 1 is 0.958 bits per heavy atom. The molecule has 3 nitrogen and oxygen atoms in total. The lowest BCUT2D eigenvalue weighted by Crippen LogP contribution is -2.46. The van der Waals surface area contributed by atoms with Crippen molar-refractivity contribution in [2.75, 3.05) is 26.2 Å². The highest BCUT2D eigenvalue weighted by Crippen LogP contribution is 2.45. The maximum absolute atomic E-state index is 9.71. The number of likely N-dealkylation sites (tertiary alicyclic amines) is 1. The number of rotatable bonds is 2. The first-order valence-electron chi connectivity index (χ1n) is 9.98. The van der Waals surface area contributed by atoms with Crippen molar-refractivity contribution in [3.8, 4) is 5.75 Å². The van der Waals surface area contributed by atoms with E-state index in [4.69, 9.17) is 0 Å². The molecule has 1 aromatic carbocycles. The summed E-state index contributed by atoms with van der Waals surface area (Å²) in [4.78, 5) is 2.77. The molecule has 1 spiro atoms. The molecule has 2 aliphatic heterocycles. The van der Waals surface area contributed by atoms with Gasteiger partial charge in [0.1, 0.15) is 5.75 Å². The molecule has 1 saturated carbocycles. The molecule has 2 N–H and O–H groups in total. The Labute approximate surface area is 146 Å². The number of phenols is 1. The van der Waals surface area contributed by atoms with Crippen molar-refractivity contribution in [2.24, 2.45) is 5.41 Å². The van der Waals surface area contributed by atoms with Gasteiger partial charge in [0.15, 0.2) is 0 Å². The van der Waals surface area contributed by atoms with Crippen LogP contribution in [0.1, 0.15) is 62.8 Å². The molecule has 2 saturated heterocycles. The Kier molecular flexibility index (Phi) is 4.82. The standard InChI is InChI=1S/C21H32N2O/c24-20-3-1-2-18(16-20)17-6-14-23(15-7-17)19-4-8-21(9-5-19)10-12-22-13-11-21/h1-3,16-17,19,22,24H,4-15H2. The van der Waals surface area contributed by atoms with Crippen LogP contribution in [0.25, 0.3) is 0 Å². The zero-order chi connectivity index (χ0) is 16.4. The van der Waals surface area contributed by atoms with Gasteiger partial charge in [0, 0.05) is 6.04 Å². The summed E-state index contributed by atoms with van der Waals surface area (Å²) in [5, 5.41) is 13.2. The molecule has 0 bridgehead atoms. The fourth-order valence-electron chi connectivity index (χ4n) is 5.41. The number of hydrogen-bond donors (Lipinski definition) is 2. The van der Waals surface area contributed by atoms with Crippen molar-refractivity contribution >= 4 is 0 Å². The van der Waals surface area contributed by atoms with Gasteiger partial charge in [-0.2, -0.15) is 0 Å². The second-order valence-corrected chi connectivity index (χ2v) is 8.39. The van der Waals surface area contributed by atoms with Crippen LogP contribution in [0.3, 0.4) is 0 Å². The summed E-state index contributed by atoms with van der Waals surface area (Å²) >= 11 is 0. The van der Waals surface area contributed by atoms with Gasteiger partial charge in [0.2, 0.25) is 0 Å². The first-order valence-corrected chi connectivity index (χ1v) is 9.98. The van der Waals surface area contributed by atoms with Crippen LogP contribution in [0.15, 0.2) is 24.3 Å². The largest absolute Gasteiger partial charge is 0.508 e. The average Bonchev–Trinajstić information content (AvgIpc) is 2.63. The summed E-state index contributed by atoms with van der Waals surface area (Å²) in [5.74, 6) is 1.04. The Morgan fingerprint density at radius 2 is 1.67 bits per heavy atom. The van der Waals surface area contributed by atoms with Gasteiger partial charge in [0.05, 0.1) is 0 Å². The van der Waals surface area contributed by atoms with E-state index in [-0.39, 0.29) is 0 Å². The van der Waals surface area contributed by atoms with E-state index in [1.807, 2.05) is 12.1 Å². The molecule has 0 radical (unpaired) electrons. The van der Waals surface area contributed by atoms with Crippen LogP contribution >= 0.6 is 0 Å². The molecule has 3 heteroatoms. The molecule has 24 heavy (non-hydrogen) atoms.